The lowest BCUT2D eigenvalue weighted by Crippen LogP contribution is -2.45. The number of hydrogen-bond donors (Lipinski definition) is 1. The maximum atomic E-state index is 12.1. The molecule has 0 aliphatic heterocycles. The fourth-order valence-corrected chi connectivity index (χ4v) is 2.70. The van der Waals surface area contributed by atoms with Gasteiger partial charge in [-0.25, -0.2) is 9.59 Å². The number of esters is 1. The molecule has 1 amide bonds. The van der Waals surface area contributed by atoms with Crippen LogP contribution in [0.3, 0.4) is 0 Å². The summed E-state index contributed by atoms with van der Waals surface area (Å²) < 4.78 is 15.7. The molecule has 160 valence electrons. The smallest absolute Gasteiger partial charge is 0.408 e. The zero-order valence-corrected chi connectivity index (χ0v) is 17.6. The van der Waals surface area contributed by atoms with Crippen molar-refractivity contribution in [2.75, 3.05) is 7.11 Å². The Bertz CT molecular complexity index is 873. The molecule has 7 heteroatoms. The van der Waals surface area contributed by atoms with Crippen LogP contribution in [0.4, 0.5) is 4.79 Å². The summed E-state index contributed by atoms with van der Waals surface area (Å²) in [6, 6.07) is 13.7. The molecule has 0 saturated heterocycles. The SMILES string of the molecule is COC(=O)[C@H](Cc1ccc(OCc2ccccc2)c(C=O)c1)NC(=O)OC(C)(C)C. The summed E-state index contributed by atoms with van der Waals surface area (Å²) >= 11 is 0. The van der Waals surface area contributed by atoms with Crippen molar-refractivity contribution >= 4 is 18.3 Å². The molecule has 1 N–H and O–H groups in total. The van der Waals surface area contributed by atoms with Crippen LogP contribution in [0, 0.1) is 0 Å². The number of alkyl carbamates (subject to hydrolysis) is 1. The normalized spacial score (nSPS) is 11.9. The van der Waals surface area contributed by atoms with E-state index in [1.54, 1.807) is 39.0 Å². The van der Waals surface area contributed by atoms with Crippen LogP contribution >= 0.6 is 0 Å². The van der Waals surface area contributed by atoms with Crippen LogP contribution in [-0.4, -0.2) is 37.1 Å². The van der Waals surface area contributed by atoms with E-state index < -0.39 is 23.7 Å². The molecule has 0 heterocycles. The van der Waals surface area contributed by atoms with E-state index in [0.717, 1.165) is 5.56 Å². The topological polar surface area (TPSA) is 90.9 Å². The molecule has 0 unspecified atom stereocenters. The highest BCUT2D eigenvalue weighted by atomic mass is 16.6. The maximum Gasteiger partial charge on any atom is 0.408 e. The Morgan fingerprint density at radius 1 is 1.07 bits per heavy atom. The average Bonchev–Trinajstić information content (AvgIpc) is 2.71. The Balaban J connectivity index is 2.11. The van der Waals surface area contributed by atoms with E-state index in [-0.39, 0.29) is 6.42 Å². The highest BCUT2D eigenvalue weighted by Gasteiger charge is 2.25. The van der Waals surface area contributed by atoms with E-state index in [0.29, 0.717) is 29.8 Å². The first-order valence-corrected chi connectivity index (χ1v) is 9.54. The highest BCUT2D eigenvalue weighted by Crippen LogP contribution is 2.21. The van der Waals surface area contributed by atoms with Crippen molar-refractivity contribution in [1.29, 1.82) is 0 Å². The standard InChI is InChI=1S/C23H27NO6/c1-23(2,3)30-22(27)24-19(21(26)28-4)13-17-10-11-20(18(12-17)14-25)29-15-16-8-6-5-7-9-16/h5-12,14,19H,13,15H2,1-4H3,(H,24,27)/t19-/m0/s1. The largest absolute Gasteiger partial charge is 0.488 e. The zero-order chi connectivity index (χ0) is 22.1. The molecule has 2 aromatic carbocycles. The summed E-state index contributed by atoms with van der Waals surface area (Å²) in [6.07, 6.45) is 0.0978. The molecule has 7 nitrogen and oxygen atoms in total. The second kappa shape index (κ2) is 10.4. The fourth-order valence-electron chi connectivity index (χ4n) is 2.70. The second-order valence-electron chi connectivity index (χ2n) is 7.69. The van der Waals surface area contributed by atoms with Crippen LogP contribution in [0.5, 0.6) is 5.75 Å². The Hall–Kier alpha value is -3.35. The number of carbonyl (C=O) groups excluding carboxylic acids is 3. The van der Waals surface area contributed by atoms with Gasteiger partial charge in [-0.15, -0.1) is 0 Å². The van der Waals surface area contributed by atoms with Gasteiger partial charge in [0.2, 0.25) is 0 Å². The minimum atomic E-state index is -0.958. The number of rotatable bonds is 8. The minimum Gasteiger partial charge on any atom is -0.488 e. The predicted octanol–water partition coefficient (Wildman–Crippen LogP) is 3.69. The molecule has 0 fully saturated rings. The Labute approximate surface area is 176 Å². The summed E-state index contributed by atoms with van der Waals surface area (Å²) in [7, 11) is 1.24. The molecule has 30 heavy (non-hydrogen) atoms. The third-order valence-electron chi connectivity index (χ3n) is 4.05. The third kappa shape index (κ3) is 7.24. The van der Waals surface area contributed by atoms with Crippen molar-refractivity contribution in [3.8, 4) is 5.75 Å². The maximum absolute atomic E-state index is 12.1. The number of aldehydes is 1. The first-order valence-electron chi connectivity index (χ1n) is 9.54. The number of methoxy groups -OCH3 is 1. The van der Waals surface area contributed by atoms with Crippen molar-refractivity contribution in [2.45, 2.75) is 45.4 Å². The molecule has 2 aromatic rings. The average molecular weight is 413 g/mol. The molecule has 0 spiro atoms. The van der Waals surface area contributed by atoms with Crippen molar-refractivity contribution < 1.29 is 28.6 Å². The van der Waals surface area contributed by atoms with Crippen molar-refractivity contribution in [2.24, 2.45) is 0 Å². The van der Waals surface area contributed by atoms with Gasteiger partial charge in [-0.3, -0.25) is 4.79 Å². The number of nitrogens with one attached hydrogen (secondary N) is 1. The van der Waals surface area contributed by atoms with Crippen molar-refractivity contribution in [3.05, 3.63) is 65.2 Å². The van der Waals surface area contributed by atoms with Gasteiger partial charge in [0.05, 0.1) is 12.7 Å². The molecule has 0 aliphatic rings. The van der Waals surface area contributed by atoms with Crippen LogP contribution in [0.2, 0.25) is 0 Å². The number of ether oxygens (including phenoxy) is 3. The minimum absolute atomic E-state index is 0.131. The predicted molar refractivity (Wildman–Crippen MR) is 111 cm³/mol. The van der Waals surface area contributed by atoms with Crippen LogP contribution in [0.1, 0.15) is 42.3 Å². The summed E-state index contributed by atoms with van der Waals surface area (Å²) in [6.45, 7) is 5.50. The molecular weight excluding hydrogens is 386 g/mol. The monoisotopic (exact) mass is 413 g/mol. The number of benzene rings is 2. The van der Waals surface area contributed by atoms with Gasteiger partial charge in [0.15, 0.2) is 6.29 Å². The second-order valence-corrected chi connectivity index (χ2v) is 7.69. The highest BCUT2D eigenvalue weighted by molar-refractivity contribution is 5.82. The summed E-state index contributed by atoms with van der Waals surface area (Å²) in [5.74, 6) is -0.176. The fraction of sp³-hybridized carbons (Fsp3) is 0.348. The van der Waals surface area contributed by atoms with Crippen LogP contribution < -0.4 is 10.1 Å². The quantitative estimate of drug-likeness (QED) is 0.524. The van der Waals surface area contributed by atoms with Crippen molar-refractivity contribution in [3.63, 3.8) is 0 Å². The number of carbonyl (C=O) groups is 3. The zero-order valence-electron chi connectivity index (χ0n) is 17.6. The van der Waals surface area contributed by atoms with Gasteiger partial charge in [0, 0.05) is 6.42 Å². The number of hydrogen-bond acceptors (Lipinski definition) is 6. The van der Waals surface area contributed by atoms with Gasteiger partial charge in [0.25, 0.3) is 0 Å². The van der Waals surface area contributed by atoms with Gasteiger partial charge in [0.1, 0.15) is 24.0 Å². The molecule has 0 aromatic heterocycles. The summed E-state index contributed by atoms with van der Waals surface area (Å²) in [5.41, 5.74) is 1.29. The Morgan fingerprint density at radius 3 is 2.37 bits per heavy atom. The first-order chi connectivity index (χ1) is 14.2. The van der Waals surface area contributed by atoms with E-state index in [4.69, 9.17) is 14.2 Å². The molecule has 0 saturated carbocycles. The van der Waals surface area contributed by atoms with Gasteiger partial charge in [-0.2, -0.15) is 0 Å². The van der Waals surface area contributed by atoms with Crippen LogP contribution in [0.15, 0.2) is 48.5 Å². The molecule has 0 radical (unpaired) electrons. The van der Waals surface area contributed by atoms with Crippen LogP contribution in [-0.2, 0) is 27.3 Å². The van der Waals surface area contributed by atoms with Crippen LogP contribution in [0.25, 0.3) is 0 Å². The lowest BCUT2D eigenvalue weighted by molar-refractivity contribution is -0.143. The van der Waals surface area contributed by atoms with E-state index >= 15 is 0 Å². The first kappa shape index (κ1) is 22.9. The lowest BCUT2D eigenvalue weighted by atomic mass is 10.0. The summed E-state index contributed by atoms with van der Waals surface area (Å²) in [5, 5.41) is 2.52. The van der Waals surface area contributed by atoms with Gasteiger partial charge >= 0.3 is 12.1 Å². The third-order valence-corrected chi connectivity index (χ3v) is 4.05. The van der Waals surface area contributed by atoms with E-state index in [2.05, 4.69) is 5.32 Å². The van der Waals surface area contributed by atoms with Gasteiger partial charge in [-0.1, -0.05) is 36.4 Å². The molecule has 1 atom stereocenters. The van der Waals surface area contributed by atoms with E-state index in [1.165, 1.54) is 7.11 Å². The Morgan fingerprint density at radius 2 is 1.77 bits per heavy atom. The number of amides is 1. The van der Waals surface area contributed by atoms with E-state index in [9.17, 15) is 14.4 Å². The lowest BCUT2D eigenvalue weighted by Gasteiger charge is -2.22. The molecule has 0 bridgehead atoms. The molecular formula is C23H27NO6. The van der Waals surface area contributed by atoms with Crippen molar-refractivity contribution in [1.82, 2.24) is 5.32 Å². The van der Waals surface area contributed by atoms with E-state index in [1.807, 2.05) is 30.3 Å². The molecule has 2 rings (SSSR count). The van der Waals surface area contributed by atoms with Gasteiger partial charge in [-0.05, 0) is 44.0 Å². The Kier molecular flexibility index (Phi) is 7.98. The summed E-state index contributed by atoms with van der Waals surface area (Å²) in [4.78, 5) is 35.7. The van der Waals surface area contributed by atoms with Gasteiger partial charge < -0.3 is 19.5 Å². The molecule has 0 aliphatic carbocycles.